The van der Waals surface area contributed by atoms with Crippen molar-refractivity contribution >= 4 is 0 Å². The molecular weight excluding hydrogens is 248 g/mol. The van der Waals surface area contributed by atoms with Crippen molar-refractivity contribution in [2.45, 2.75) is 38.9 Å². The number of rotatable bonds is 3. The number of benzene rings is 2. The summed E-state index contributed by atoms with van der Waals surface area (Å²) in [4.78, 5) is 0. The van der Waals surface area contributed by atoms with E-state index in [0.29, 0.717) is 0 Å². The summed E-state index contributed by atoms with van der Waals surface area (Å²) in [6, 6.07) is 15.9. The van der Waals surface area contributed by atoms with E-state index in [1.54, 1.807) is 27.7 Å². The van der Waals surface area contributed by atoms with Crippen molar-refractivity contribution < 1.29 is 10.2 Å². The van der Waals surface area contributed by atoms with Crippen molar-refractivity contribution in [3.63, 3.8) is 0 Å². The van der Waals surface area contributed by atoms with Crippen LogP contribution >= 0.6 is 0 Å². The molecule has 0 atom stereocenters. The van der Waals surface area contributed by atoms with Crippen molar-refractivity contribution in [2.24, 2.45) is 0 Å². The lowest BCUT2D eigenvalue weighted by atomic mass is 9.83. The van der Waals surface area contributed by atoms with Crippen LogP contribution in [-0.2, 0) is 11.2 Å². The van der Waals surface area contributed by atoms with Crippen LogP contribution < -0.4 is 0 Å². The molecule has 20 heavy (non-hydrogen) atoms. The van der Waals surface area contributed by atoms with Gasteiger partial charge in [-0.25, -0.2) is 0 Å². The maximum Gasteiger partial charge on any atom is 0.0844 e. The molecule has 0 spiro atoms. The third-order valence-corrected chi connectivity index (χ3v) is 3.44. The Morgan fingerprint density at radius 3 is 1.70 bits per heavy atom. The number of hydrogen-bond donors (Lipinski definition) is 2. The van der Waals surface area contributed by atoms with Crippen LogP contribution in [0.2, 0.25) is 0 Å². The Kier molecular flexibility index (Phi) is 3.72. The first-order valence-corrected chi connectivity index (χ1v) is 6.85. The maximum atomic E-state index is 10.4. The standard InChI is InChI=1S/C18H22O2/c1-17(2,19)15-11-10-14(12-16(15)18(3,4)20)13-8-6-5-7-9-13/h5-12,19-20H,1-4H3. The molecule has 0 fully saturated rings. The Morgan fingerprint density at radius 2 is 1.20 bits per heavy atom. The van der Waals surface area contributed by atoms with Gasteiger partial charge in [0.25, 0.3) is 0 Å². The van der Waals surface area contributed by atoms with E-state index in [0.717, 1.165) is 22.3 Å². The van der Waals surface area contributed by atoms with Crippen LogP contribution in [-0.4, -0.2) is 10.2 Å². The van der Waals surface area contributed by atoms with Gasteiger partial charge in [0, 0.05) is 0 Å². The van der Waals surface area contributed by atoms with Crippen molar-refractivity contribution in [2.75, 3.05) is 0 Å². The Bertz CT molecular complexity index is 587. The van der Waals surface area contributed by atoms with Crippen LogP contribution in [0, 0.1) is 0 Å². The van der Waals surface area contributed by atoms with Gasteiger partial charge in [-0.05, 0) is 56.0 Å². The molecular formula is C18H22O2. The lowest BCUT2D eigenvalue weighted by molar-refractivity contribution is 0.0525. The van der Waals surface area contributed by atoms with Gasteiger partial charge in [0.05, 0.1) is 11.2 Å². The normalized spacial score (nSPS) is 12.5. The summed E-state index contributed by atoms with van der Waals surface area (Å²) in [5.41, 5.74) is 1.66. The molecule has 2 nitrogen and oxygen atoms in total. The molecule has 0 heterocycles. The van der Waals surface area contributed by atoms with Crippen LogP contribution in [0.25, 0.3) is 11.1 Å². The minimum atomic E-state index is -1.000. The lowest BCUT2D eigenvalue weighted by Crippen LogP contribution is -2.25. The second-order valence-electron chi connectivity index (χ2n) is 6.24. The Morgan fingerprint density at radius 1 is 0.650 bits per heavy atom. The lowest BCUT2D eigenvalue weighted by Gasteiger charge is -2.28. The highest BCUT2D eigenvalue weighted by Crippen LogP contribution is 2.34. The third kappa shape index (κ3) is 3.09. The van der Waals surface area contributed by atoms with E-state index < -0.39 is 11.2 Å². The molecule has 0 saturated carbocycles. The molecule has 2 N–H and O–H groups in total. The van der Waals surface area contributed by atoms with Crippen LogP contribution in [0.1, 0.15) is 38.8 Å². The molecule has 0 aromatic heterocycles. The fraction of sp³-hybridized carbons (Fsp3) is 0.333. The van der Waals surface area contributed by atoms with Gasteiger partial charge in [0.2, 0.25) is 0 Å². The summed E-state index contributed by atoms with van der Waals surface area (Å²) in [6.45, 7) is 6.96. The first-order chi connectivity index (χ1) is 9.19. The smallest absolute Gasteiger partial charge is 0.0844 e. The average Bonchev–Trinajstić information content (AvgIpc) is 2.37. The van der Waals surface area contributed by atoms with Gasteiger partial charge in [0.15, 0.2) is 0 Å². The fourth-order valence-corrected chi connectivity index (χ4v) is 2.39. The first kappa shape index (κ1) is 14.8. The Labute approximate surface area is 120 Å². The van der Waals surface area contributed by atoms with E-state index in [2.05, 4.69) is 0 Å². The quantitative estimate of drug-likeness (QED) is 0.890. The first-order valence-electron chi connectivity index (χ1n) is 6.85. The summed E-state index contributed by atoms with van der Waals surface area (Å²) >= 11 is 0. The molecule has 2 rings (SSSR count). The summed E-state index contributed by atoms with van der Waals surface area (Å²) in [6.07, 6.45) is 0. The second kappa shape index (κ2) is 5.04. The van der Waals surface area contributed by atoms with Crippen molar-refractivity contribution in [3.05, 3.63) is 59.7 Å². The van der Waals surface area contributed by atoms with E-state index in [1.807, 2.05) is 48.5 Å². The summed E-state index contributed by atoms with van der Waals surface area (Å²) in [5.74, 6) is 0. The molecule has 0 aliphatic rings. The summed E-state index contributed by atoms with van der Waals surface area (Å²) in [5, 5.41) is 20.7. The Balaban J connectivity index is 2.62. The van der Waals surface area contributed by atoms with E-state index >= 15 is 0 Å². The van der Waals surface area contributed by atoms with Gasteiger partial charge in [0.1, 0.15) is 0 Å². The second-order valence-corrected chi connectivity index (χ2v) is 6.24. The minimum Gasteiger partial charge on any atom is -0.386 e. The SMILES string of the molecule is CC(C)(O)c1ccc(-c2ccccc2)cc1C(C)(C)O. The van der Waals surface area contributed by atoms with E-state index in [-0.39, 0.29) is 0 Å². The van der Waals surface area contributed by atoms with E-state index in [1.165, 1.54) is 0 Å². The van der Waals surface area contributed by atoms with Crippen LogP contribution in [0.5, 0.6) is 0 Å². The third-order valence-electron chi connectivity index (χ3n) is 3.44. The summed E-state index contributed by atoms with van der Waals surface area (Å²) < 4.78 is 0. The highest BCUT2D eigenvalue weighted by atomic mass is 16.3. The molecule has 2 aromatic rings. The van der Waals surface area contributed by atoms with Gasteiger partial charge in [-0.1, -0.05) is 42.5 Å². The van der Waals surface area contributed by atoms with Gasteiger partial charge >= 0.3 is 0 Å². The van der Waals surface area contributed by atoms with Gasteiger partial charge in [-0.2, -0.15) is 0 Å². The van der Waals surface area contributed by atoms with Crippen molar-refractivity contribution in [3.8, 4) is 11.1 Å². The summed E-state index contributed by atoms with van der Waals surface area (Å²) in [7, 11) is 0. The largest absolute Gasteiger partial charge is 0.386 e. The van der Waals surface area contributed by atoms with Crippen LogP contribution in [0.15, 0.2) is 48.5 Å². The fourth-order valence-electron chi connectivity index (χ4n) is 2.39. The highest BCUT2D eigenvalue weighted by Gasteiger charge is 2.27. The van der Waals surface area contributed by atoms with Gasteiger partial charge in [-0.15, -0.1) is 0 Å². The molecule has 0 unspecified atom stereocenters. The van der Waals surface area contributed by atoms with Gasteiger partial charge in [-0.3, -0.25) is 0 Å². The molecule has 2 heteroatoms. The molecule has 0 radical (unpaired) electrons. The van der Waals surface area contributed by atoms with Crippen LogP contribution in [0.4, 0.5) is 0 Å². The zero-order valence-corrected chi connectivity index (χ0v) is 12.5. The molecule has 0 saturated heterocycles. The van der Waals surface area contributed by atoms with Crippen molar-refractivity contribution in [1.82, 2.24) is 0 Å². The molecule has 2 aromatic carbocycles. The minimum absolute atomic E-state index is 0.754. The predicted octanol–water partition coefficient (Wildman–Crippen LogP) is 3.81. The highest BCUT2D eigenvalue weighted by molar-refractivity contribution is 5.65. The molecule has 0 aliphatic heterocycles. The van der Waals surface area contributed by atoms with Gasteiger partial charge < -0.3 is 10.2 Å². The number of hydrogen-bond acceptors (Lipinski definition) is 2. The zero-order valence-electron chi connectivity index (χ0n) is 12.5. The molecule has 0 bridgehead atoms. The average molecular weight is 270 g/mol. The van der Waals surface area contributed by atoms with E-state index in [9.17, 15) is 10.2 Å². The molecule has 0 amide bonds. The Hall–Kier alpha value is -1.64. The van der Waals surface area contributed by atoms with Crippen molar-refractivity contribution in [1.29, 1.82) is 0 Å². The zero-order chi connectivity index (χ0) is 15.0. The molecule has 0 aliphatic carbocycles. The monoisotopic (exact) mass is 270 g/mol. The maximum absolute atomic E-state index is 10.4. The van der Waals surface area contributed by atoms with Crippen LogP contribution in [0.3, 0.4) is 0 Å². The van der Waals surface area contributed by atoms with E-state index in [4.69, 9.17) is 0 Å². The molecule has 106 valence electrons. The topological polar surface area (TPSA) is 40.5 Å². The number of aliphatic hydroxyl groups is 2. The predicted molar refractivity (Wildman–Crippen MR) is 82.4 cm³/mol.